The van der Waals surface area contributed by atoms with E-state index in [9.17, 15) is 4.79 Å². The first kappa shape index (κ1) is 14.7. The lowest BCUT2D eigenvalue weighted by Crippen LogP contribution is -2.27. The topological polar surface area (TPSA) is 60.9 Å². The first-order chi connectivity index (χ1) is 9.44. The fourth-order valence-electron chi connectivity index (χ4n) is 2.36. The summed E-state index contributed by atoms with van der Waals surface area (Å²) >= 11 is 0. The van der Waals surface area contributed by atoms with E-state index in [1.807, 2.05) is 28.8 Å². The molecule has 0 aliphatic rings. The van der Waals surface area contributed by atoms with Crippen molar-refractivity contribution >= 4 is 11.0 Å². The monoisotopic (exact) mass is 273 g/mol. The first-order valence-corrected chi connectivity index (χ1v) is 7.11. The van der Waals surface area contributed by atoms with Gasteiger partial charge in [-0.05, 0) is 43.9 Å². The van der Waals surface area contributed by atoms with Crippen LogP contribution in [0.1, 0.15) is 32.4 Å². The van der Waals surface area contributed by atoms with Crippen molar-refractivity contribution in [2.45, 2.75) is 40.2 Å². The summed E-state index contributed by atoms with van der Waals surface area (Å²) in [4.78, 5) is 16.6. The molecule has 0 fully saturated rings. The van der Waals surface area contributed by atoms with Gasteiger partial charge in [-0.1, -0.05) is 26.0 Å². The average Bonchev–Trinajstić information content (AvgIpc) is 2.43. The lowest BCUT2D eigenvalue weighted by atomic mass is 9.88. The molecular formula is C16H23N3O. The average molecular weight is 273 g/mol. The van der Waals surface area contributed by atoms with Crippen molar-refractivity contribution in [1.29, 1.82) is 0 Å². The number of aromatic nitrogens is 2. The van der Waals surface area contributed by atoms with E-state index < -0.39 is 0 Å². The van der Waals surface area contributed by atoms with Gasteiger partial charge in [-0.3, -0.25) is 4.79 Å². The highest BCUT2D eigenvalue weighted by molar-refractivity contribution is 5.74. The number of para-hydroxylation sites is 2. The maximum Gasteiger partial charge on any atom is 0.272 e. The maximum atomic E-state index is 12.3. The van der Waals surface area contributed by atoms with Gasteiger partial charge in [0.1, 0.15) is 5.69 Å². The van der Waals surface area contributed by atoms with Crippen LogP contribution >= 0.6 is 0 Å². The Morgan fingerprint density at radius 2 is 2.00 bits per heavy atom. The molecular weight excluding hydrogens is 250 g/mol. The molecule has 2 rings (SSSR count). The third-order valence-electron chi connectivity index (χ3n) is 3.80. The SMILES string of the molecule is Cc1nc2ccccc2n(CCCC(C)(C)CN)c1=O. The molecule has 0 unspecified atom stereocenters. The second-order valence-electron chi connectivity index (χ2n) is 6.11. The van der Waals surface area contributed by atoms with E-state index in [1.54, 1.807) is 6.92 Å². The standard InChI is InChI=1S/C16H23N3O/c1-12-15(20)19(10-6-9-16(2,3)11-17)14-8-5-4-7-13(14)18-12/h4-5,7-8H,6,9-11,17H2,1-3H3. The summed E-state index contributed by atoms with van der Waals surface area (Å²) in [5.74, 6) is 0. The molecule has 0 aliphatic carbocycles. The Bertz CT molecular complexity index is 658. The van der Waals surface area contributed by atoms with Crippen molar-refractivity contribution in [3.63, 3.8) is 0 Å². The van der Waals surface area contributed by atoms with Gasteiger partial charge in [-0.2, -0.15) is 0 Å². The van der Waals surface area contributed by atoms with E-state index in [4.69, 9.17) is 5.73 Å². The highest BCUT2D eigenvalue weighted by atomic mass is 16.1. The fraction of sp³-hybridized carbons (Fsp3) is 0.500. The highest BCUT2D eigenvalue weighted by Crippen LogP contribution is 2.21. The minimum atomic E-state index is 0.00857. The highest BCUT2D eigenvalue weighted by Gasteiger charge is 2.15. The normalized spacial score (nSPS) is 12.0. The van der Waals surface area contributed by atoms with Crippen LogP contribution < -0.4 is 11.3 Å². The number of hydrogen-bond acceptors (Lipinski definition) is 3. The molecule has 0 atom stereocenters. The molecule has 0 aliphatic heterocycles. The molecule has 1 aromatic heterocycles. The number of aryl methyl sites for hydroxylation is 2. The van der Waals surface area contributed by atoms with Crippen LogP contribution in [0.3, 0.4) is 0 Å². The van der Waals surface area contributed by atoms with Crippen LogP contribution in [0.2, 0.25) is 0 Å². The summed E-state index contributed by atoms with van der Waals surface area (Å²) in [7, 11) is 0. The molecule has 0 bridgehead atoms. The Labute approximate surface area is 119 Å². The van der Waals surface area contributed by atoms with Gasteiger partial charge in [-0.25, -0.2) is 4.98 Å². The number of nitrogens with two attached hydrogens (primary N) is 1. The second-order valence-corrected chi connectivity index (χ2v) is 6.11. The van der Waals surface area contributed by atoms with E-state index in [1.165, 1.54) is 0 Å². The minimum Gasteiger partial charge on any atom is -0.330 e. The summed E-state index contributed by atoms with van der Waals surface area (Å²) in [6, 6.07) is 7.79. The Morgan fingerprint density at radius 3 is 2.70 bits per heavy atom. The predicted molar refractivity (Wildman–Crippen MR) is 82.8 cm³/mol. The summed E-state index contributed by atoms with van der Waals surface area (Å²) in [6.45, 7) is 7.47. The third kappa shape index (κ3) is 3.07. The molecule has 1 aromatic carbocycles. The number of nitrogens with zero attached hydrogens (tertiary/aromatic N) is 2. The van der Waals surface area contributed by atoms with Crippen LogP contribution in [-0.4, -0.2) is 16.1 Å². The molecule has 0 radical (unpaired) electrons. The Morgan fingerprint density at radius 1 is 1.30 bits per heavy atom. The zero-order valence-corrected chi connectivity index (χ0v) is 12.5. The van der Waals surface area contributed by atoms with Crippen molar-refractivity contribution in [3.8, 4) is 0 Å². The van der Waals surface area contributed by atoms with Crippen molar-refractivity contribution in [2.75, 3.05) is 6.54 Å². The molecule has 0 amide bonds. The van der Waals surface area contributed by atoms with Gasteiger partial charge in [-0.15, -0.1) is 0 Å². The maximum absolute atomic E-state index is 12.3. The molecule has 20 heavy (non-hydrogen) atoms. The zero-order chi connectivity index (χ0) is 14.8. The third-order valence-corrected chi connectivity index (χ3v) is 3.80. The molecule has 108 valence electrons. The fourth-order valence-corrected chi connectivity index (χ4v) is 2.36. The van der Waals surface area contributed by atoms with Gasteiger partial charge in [0.15, 0.2) is 0 Å². The predicted octanol–water partition coefficient (Wildman–Crippen LogP) is 2.47. The van der Waals surface area contributed by atoms with Crippen molar-refractivity contribution in [1.82, 2.24) is 9.55 Å². The molecule has 4 heteroatoms. The van der Waals surface area contributed by atoms with Crippen LogP contribution in [0, 0.1) is 12.3 Å². The molecule has 0 spiro atoms. The van der Waals surface area contributed by atoms with Gasteiger partial charge < -0.3 is 10.3 Å². The zero-order valence-electron chi connectivity index (χ0n) is 12.5. The van der Waals surface area contributed by atoms with E-state index in [0.717, 1.165) is 23.9 Å². The van der Waals surface area contributed by atoms with Crippen LogP contribution in [0.15, 0.2) is 29.1 Å². The Hall–Kier alpha value is -1.68. The van der Waals surface area contributed by atoms with Crippen molar-refractivity contribution < 1.29 is 0 Å². The molecule has 0 saturated carbocycles. The Balaban J connectivity index is 2.29. The molecule has 0 saturated heterocycles. The molecule has 2 N–H and O–H groups in total. The number of hydrogen-bond donors (Lipinski definition) is 1. The van der Waals surface area contributed by atoms with Gasteiger partial charge in [0.05, 0.1) is 11.0 Å². The van der Waals surface area contributed by atoms with Crippen molar-refractivity contribution in [3.05, 3.63) is 40.3 Å². The quantitative estimate of drug-likeness (QED) is 0.910. The lowest BCUT2D eigenvalue weighted by Gasteiger charge is -2.22. The molecule has 1 heterocycles. The van der Waals surface area contributed by atoms with E-state index in [-0.39, 0.29) is 11.0 Å². The number of rotatable bonds is 5. The lowest BCUT2D eigenvalue weighted by molar-refractivity contribution is 0.327. The smallest absolute Gasteiger partial charge is 0.272 e. The van der Waals surface area contributed by atoms with Crippen LogP contribution in [-0.2, 0) is 6.54 Å². The summed E-state index contributed by atoms with van der Waals surface area (Å²) in [5.41, 5.74) is 8.23. The number of fused-ring (bicyclic) bond motifs is 1. The molecule has 2 aromatic rings. The largest absolute Gasteiger partial charge is 0.330 e. The van der Waals surface area contributed by atoms with Gasteiger partial charge >= 0.3 is 0 Å². The number of benzene rings is 1. The van der Waals surface area contributed by atoms with Crippen LogP contribution in [0.4, 0.5) is 0 Å². The minimum absolute atomic E-state index is 0.00857. The van der Waals surface area contributed by atoms with E-state index in [0.29, 0.717) is 18.8 Å². The summed E-state index contributed by atoms with van der Waals surface area (Å²) in [5, 5.41) is 0. The molecule has 4 nitrogen and oxygen atoms in total. The summed E-state index contributed by atoms with van der Waals surface area (Å²) in [6.07, 6.45) is 1.95. The first-order valence-electron chi connectivity index (χ1n) is 7.11. The van der Waals surface area contributed by atoms with Crippen molar-refractivity contribution in [2.24, 2.45) is 11.1 Å². The van der Waals surface area contributed by atoms with Gasteiger partial charge in [0, 0.05) is 6.54 Å². The Kier molecular flexibility index (Phi) is 4.23. The van der Waals surface area contributed by atoms with Crippen LogP contribution in [0.5, 0.6) is 0 Å². The second kappa shape index (κ2) is 5.75. The van der Waals surface area contributed by atoms with Gasteiger partial charge in [0.2, 0.25) is 0 Å². The summed E-state index contributed by atoms with van der Waals surface area (Å²) < 4.78 is 1.84. The van der Waals surface area contributed by atoms with Crippen LogP contribution in [0.25, 0.3) is 11.0 Å². The van der Waals surface area contributed by atoms with Gasteiger partial charge in [0.25, 0.3) is 5.56 Å². The van der Waals surface area contributed by atoms with E-state index in [2.05, 4.69) is 18.8 Å². The van der Waals surface area contributed by atoms with E-state index >= 15 is 0 Å².